The van der Waals surface area contributed by atoms with Crippen molar-refractivity contribution in [2.24, 2.45) is 0 Å². The van der Waals surface area contributed by atoms with Gasteiger partial charge in [-0.1, -0.05) is 42.5 Å². The number of cyclic esters (lactones) is 1. The molecule has 1 fully saturated rings. The van der Waals surface area contributed by atoms with E-state index in [2.05, 4.69) is 0 Å². The fraction of sp³-hybridized carbons (Fsp3) is 0.500. The SMILES string of the molecule is CO[C@H](CC/C=C/C[C@@H](C)O)C(=O)N1C(=O)OC[C@H]1Cc1ccccc1. The molecule has 0 bridgehead atoms. The molecule has 1 aliphatic heterocycles. The number of amides is 2. The van der Waals surface area contributed by atoms with Crippen molar-refractivity contribution in [2.45, 2.75) is 50.9 Å². The highest BCUT2D eigenvalue weighted by Gasteiger charge is 2.40. The van der Waals surface area contributed by atoms with Gasteiger partial charge in [0.25, 0.3) is 5.91 Å². The zero-order valence-electron chi connectivity index (χ0n) is 15.3. The zero-order chi connectivity index (χ0) is 18.9. The van der Waals surface area contributed by atoms with Gasteiger partial charge in [-0.2, -0.15) is 0 Å². The van der Waals surface area contributed by atoms with Gasteiger partial charge in [0.05, 0.1) is 12.1 Å². The second kappa shape index (κ2) is 10.1. The highest BCUT2D eigenvalue weighted by atomic mass is 16.6. The molecular formula is C20H27NO5. The lowest BCUT2D eigenvalue weighted by atomic mass is 10.0. The number of ether oxygens (including phenoxy) is 2. The molecule has 0 unspecified atom stereocenters. The summed E-state index contributed by atoms with van der Waals surface area (Å²) in [5.74, 6) is -0.361. The van der Waals surface area contributed by atoms with Gasteiger partial charge in [-0.25, -0.2) is 9.69 Å². The normalized spacial score (nSPS) is 19.6. The van der Waals surface area contributed by atoms with Crippen LogP contribution in [0.1, 0.15) is 31.7 Å². The zero-order valence-corrected chi connectivity index (χ0v) is 15.3. The molecule has 0 saturated carbocycles. The highest BCUT2D eigenvalue weighted by molar-refractivity contribution is 5.96. The van der Waals surface area contributed by atoms with Crippen LogP contribution in [0, 0.1) is 0 Å². The summed E-state index contributed by atoms with van der Waals surface area (Å²) in [6.07, 6.45) is 4.32. The average Bonchev–Trinajstić information content (AvgIpc) is 2.98. The van der Waals surface area contributed by atoms with Crippen molar-refractivity contribution in [1.29, 1.82) is 0 Å². The van der Waals surface area contributed by atoms with E-state index in [4.69, 9.17) is 9.47 Å². The van der Waals surface area contributed by atoms with Crippen LogP contribution in [-0.4, -0.2) is 54.0 Å². The van der Waals surface area contributed by atoms with E-state index in [9.17, 15) is 14.7 Å². The Morgan fingerprint density at radius 3 is 2.77 bits per heavy atom. The Morgan fingerprint density at radius 2 is 2.12 bits per heavy atom. The van der Waals surface area contributed by atoms with Crippen LogP contribution >= 0.6 is 0 Å². The molecule has 1 aromatic carbocycles. The van der Waals surface area contributed by atoms with Gasteiger partial charge in [-0.3, -0.25) is 4.79 Å². The predicted octanol–water partition coefficient (Wildman–Crippen LogP) is 2.70. The molecule has 142 valence electrons. The molecule has 6 heteroatoms. The molecule has 26 heavy (non-hydrogen) atoms. The minimum absolute atomic E-state index is 0.199. The van der Waals surface area contributed by atoms with Crippen LogP contribution in [-0.2, 0) is 20.7 Å². The number of allylic oxidation sites excluding steroid dienone is 1. The molecule has 0 aliphatic carbocycles. The molecule has 1 aliphatic rings. The highest BCUT2D eigenvalue weighted by Crippen LogP contribution is 2.20. The van der Waals surface area contributed by atoms with Crippen molar-refractivity contribution >= 4 is 12.0 Å². The van der Waals surface area contributed by atoms with Crippen molar-refractivity contribution in [2.75, 3.05) is 13.7 Å². The minimum atomic E-state index is -0.699. The fourth-order valence-electron chi connectivity index (χ4n) is 2.92. The number of nitrogens with zero attached hydrogens (tertiary/aromatic N) is 1. The third kappa shape index (κ3) is 5.68. The Balaban J connectivity index is 1.96. The van der Waals surface area contributed by atoms with Gasteiger partial charge in [-0.15, -0.1) is 0 Å². The fourth-order valence-corrected chi connectivity index (χ4v) is 2.92. The van der Waals surface area contributed by atoms with E-state index in [1.165, 1.54) is 12.0 Å². The number of methoxy groups -OCH3 is 1. The minimum Gasteiger partial charge on any atom is -0.447 e. The standard InChI is InChI=1S/C20H27NO5/c1-15(22)9-5-3-8-12-18(25-2)19(23)21-17(14-26-20(21)24)13-16-10-6-4-7-11-16/h3-7,10-11,15,17-18,22H,8-9,12-14H2,1-2H3/b5-3+/t15-,17-,18-/m1/s1. The van der Waals surface area contributed by atoms with E-state index in [0.29, 0.717) is 25.7 Å². The van der Waals surface area contributed by atoms with Gasteiger partial charge in [0.2, 0.25) is 0 Å². The summed E-state index contributed by atoms with van der Waals surface area (Å²) in [4.78, 5) is 26.1. The number of hydrogen-bond acceptors (Lipinski definition) is 5. The van der Waals surface area contributed by atoms with E-state index in [1.54, 1.807) is 6.92 Å². The third-order valence-corrected chi connectivity index (χ3v) is 4.31. The lowest BCUT2D eigenvalue weighted by molar-refractivity contribution is -0.140. The molecule has 0 radical (unpaired) electrons. The van der Waals surface area contributed by atoms with Crippen LogP contribution in [0.3, 0.4) is 0 Å². The first-order valence-corrected chi connectivity index (χ1v) is 8.92. The number of benzene rings is 1. The largest absolute Gasteiger partial charge is 0.447 e. The van der Waals surface area contributed by atoms with Gasteiger partial charge < -0.3 is 14.6 Å². The molecule has 3 atom stereocenters. The molecule has 2 rings (SSSR count). The number of aliphatic hydroxyl groups excluding tert-OH is 1. The van der Waals surface area contributed by atoms with Gasteiger partial charge in [-0.05, 0) is 38.2 Å². The molecule has 1 N–H and O–H groups in total. The van der Waals surface area contributed by atoms with Crippen LogP contribution < -0.4 is 0 Å². The van der Waals surface area contributed by atoms with Gasteiger partial charge in [0.1, 0.15) is 12.7 Å². The molecule has 1 saturated heterocycles. The molecule has 1 heterocycles. The lowest BCUT2D eigenvalue weighted by Gasteiger charge is -2.24. The number of aliphatic hydroxyl groups is 1. The van der Waals surface area contributed by atoms with Gasteiger partial charge in [0, 0.05) is 7.11 Å². The maximum Gasteiger partial charge on any atom is 0.417 e. The van der Waals surface area contributed by atoms with E-state index in [1.807, 2.05) is 42.5 Å². The molecule has 0 aromatic heterocycles. The molecule has 1 aromatic rings. The monoisotopic (exact) mass is 361 g/mol. The van der Waals surface area contributed by atoms with Crippen molar-refractivity contribution in [1.82, 2.24) is 4.90 Å². The van der Waals surface area contributed by atoms with Crippen molar-refractivity contribution in [3.63, 3.8) is 0 Å². The average molecular weight is 361 g/mol. The third-order valence-electron chi connectivity index (χ3n) is 4.31. The summed E-state index contributed by atoms with van der Waals surface area (Å²) >= 11 is 0. The Bertz CT molecular complexity index is 614. The van der Waals surface area contributed by atoms with E-state index >= 15 is 0 Å². The predicted molar refractivity (Wildman–Crippen MR) is 97.6 cm³/mol. The Labute approximate surface area is 154 Å². The Hall–Kier alpha value is -2.18. The summed E-state index contributed by atoms with van der Waals surface area (Å²) < 4.78 is 10.4. The quantitative estimate of drug-likeness (QED) is 0.685. The summed E-state index contributed by atoms with van der Waals surface area (Å²) in [5.41, 5.74) is 1.05. The molecule has 0 spiro atoms. The first kappa shape index (κ1) is 20.1. The Morgan fingerprint density at radius 1 is 1.38 bits per heavy atom. The number of imide groups is 1. The van der Waals surface area contributed by atoms with Crippen molar-refractivity contribution in [3.05, 3.63) is 48.0 Å². The van der Waals surface area contributed by atoms with Crippen LogP contribution in [0.15, 0.2) is 42.5 Å². The smallest absolute Gasteiger partial charge is 0.417 e. The second-order valence-corrected chi connectivity index (χ2v) is 6.49. The maximum atomic E-state index is 12.8. The number of carbonyl (C=O) groups is 2. The van der Waals surface area contributed by atoms with Crippen LogP contribution in [0.4, 0.5) is 4.79 Å². The summed E-state index contributed by atoms with van der Waals surface area (Å²) in [6.45, 7) is 1.92. The number of rotatable bonds is 9. The topological polar surface area (TPSA) is 76.1 Å². The molecule has 2 amide bonds. The van der Waals surface area contributed by atoms with E-state index < -0.39 is 12.2 Å². The van der Waals surface area contributed by atoms with Crippen LogP contribution in [0.25, 0.3) is 0 Å². The summed E-state index contributed by atoms with van der Waals surface area (Å²) in [5, 5.41) is 9.23. The van der Waals surface area contributed by atoms with E-state index in [0.717, 1.165) is 5.56 Å². The summed E-state index contributed by atoms with van der Waals surface area (Å²) in [6, 6.07) is 9.39. The Kier molecular flexibility index (Phi) is 7.81. The first-order valence-electron chi connectivity index (χ1n) is 8.92. The number of carbonyl (C=O) groups excluding carboxylic acids is 2. The molecule has 6 nitrogen and oxygen atoms in total. The first-order chi connectivity index (χ1) is 12.5. The van der Waals surface area contributed by atoms with E-state index in [-0.39, 0.29) is 24.7 Å². The van der Waals surface area contributed by atoms with Crippen molar-refractivity contribution in [3.8, 4) is 0 Å². The van der Waals surface area contributed by atoms with Crippen LogP contribution in [0.2, 0.25) is 0 Å². The van der Waals surface area contributed by atoms with Gasteiger partial charge >= 0.3 is 6.09 Å². The van der Waals surface area contributed by atoms with Crippen molar-refractivity contribution < 1.29 is 24.2 Å². The van der Waals surface area contributed by atoms with Gasteiger partial charge in [0.15, 0.2) is 0 Å². The van der Waals surface area contributed by atoms with Crippen LogP contribution in [0.5, 0.6) is 0 Å². The second-order valence-electron chi connectivity index (χ2n) is 6.49. The number of hydrogen-bond donors (Lipinski definition) is 1. The lowest BCUT2D eigenvalue weighted by Crippen LogP contribution is -2.46. The maximum absolute atomic E-state index is 12.8. The molecular weight excluding hydrogens is 334 g/mol. The summed E-state index contributed by atoms with van der Waals surface area (Å²) in [7, 11) is 1.47.